The molecule has 4 heterocycles. The van der Waals surface area contributed by atoms with E-state index >= 15 is 0 Å². The van der Waals surface area contributed by atoms with Crippen molar-refractivity contribution in [2.45, 2.75) is 44.6 Å². The molecule has 1 aliphatic heterocycles. The van der Waals surface area contributed by atoms with Crippen molar-refractivity contribution in [2.24, 2.45) is 0 Å². The number of pyridine rings is 2. The smallest absolute Gasteiger partial charge is 0.408 e. The number of nitrogens with zero attached hydrogens (tertiary/aromatic N) is 5. The number of aliphatic hydroxyl groups is 1. The molecule has 13 heteroatoms. The van der Waals surface area contributed by atoms with Crippen LogP contribution in [0.5, 0.6) is 5.75 Å². The molecule has 0 saturated carbocycles. The first-order chi connectivity index (χ1) is 17.7. The summed E-state index contributed by atoms with van der Waals surface area (Å²) in [7, 11) is 0. The Morgan fingerprint density at radius 1 is 1.10 bits per heavy atom. The number of aromatic nitrogens is 4. The number of hydrogen-bond acceptors (Lipinski definition) is 7. The van der Waals surface area contributed by atoms with Crippen molar-refractivity contribution in [3.8, 4) is 17.3 Å². The minimum Gasteiger partial charge on any atom is -0.489 e. The molecule has 2 N–H and O–H groups in total. The van der Waals surface area contributed by atoms with E-state index < -0.39 is 12.2 Å². The van der Waals surface area contributed by atoms with Crippen LogP contribution in [0.1, 0.15) is 31.9 Å². The lowest BCUT2D eigenvalue weighted by atomic mass is 10.1. The maximum atomic E-state index is 14.3. The normalized spacial score (nSPS) is 16.8. The van der Waals surface area contributed by atoms with Gasteiger partial charge < -0.3 is 15.2 Å². The number of para-hydroxylation sites is 1. The highest BCUT2D eigenvalue weighted by Crippen LogP contribution is 2.40. The zero-order valence-electron chi connectivity index (χ0n) is 21.4. The lowest BCUT2D eigenvalue weighted by Gasteiger charge is -2.30. The molecule has 4 aromatic rings. The zero-order valence-corrected chi connectivity index (χ0v) is 23.1. The molecule has 2 atom stereocenters. The lowest BCUT2D eigenvalue weighted by Crippen LogP contribution is -2.40. The van der Waals surface area contributed by atoms with Gasteiger partial charge in [0.15, 0.2) is 11.5 Å². The molecule has 3 aromatic heterocycles. The van der Waals surface area contributed by atoms with Crippen molar-refractivity contribution in [3.05, 3.63) is 54.2 Å². The van der Waals surface area contributed by atoms with E-state index in [1.54, 1.807) is 16.5 Å². The van der Waals surface area contributed by atoms with Gasteiger partial charge in [-0.1, -0.05) is 24.3 Å². The fourth-order valence-corrected chi connectivity index (χ4v) is 4.90. The topological polar surface area (TPSA) is 87.8 Å². The molecule has 39 heavy (non-hydrogen) atoms. The number of alkyl halides is 3. The van der Waals surface area contributed by atoms with Gasteiger partial charge in [-0.15, -0.1) is 35.0 Å². The molecule has 0 amide bonds. The van der Waals surface area contributed by atoms with Gasteiger partial charge in [0.25, 0.3) is 0 Å². The first-order valence-electron chi connectivity index (χ1n) is 12.3. The van der Waals surface area contributed by atoms with Gasteiger partial charge in [-0.25, -0.2) is 4.98 Å². The average Bonchev–Trinajstić information content (AvgIpc) is 3.48. The van der Waals surface area contributed by atoms with Crippen LogP contribution in [0.15, 0.2) is 48.7 Å². The molecule has 0 aliphatic carbocycles. The van der Waals surface area contributed by atoms with Gasteiger partial charge >= 0.3 is 6.18 Å². The van der Waals surface area contributed by atoms with Crippen LogP contribution in [0.25, 0.3) is 28.1 Å². The van der Waals surface area contributed by atoms with Gasteiger partial charge in [-0.2, -0.15) is 13.2 Å². The number of likely N-dealkylation sites (tertiary alicyclic amines) is 1. The van der Waals surface area contributed by atoms with Crippen molar-refractivity contribution in [1.29, 1.82) is 0 Å². The number of nitrogens with one attached hydrogen (secondary N) is 1. The third kappa shape index (κ3) is 6.55. The van der Waals surface area contributed by atoms with E-state index in [-0.39, 0.29) is 55.7 Å². The van der Waals surface area contributed by atoms with E-state index in [0.29, 0.717) is 47.9 Å². The van der Waals surface area contributed by atoms with Crippen LogP contribution in [0.4, 0.5) is 13.2 Å². The highest BCUT2D eigenvalue weighted by atomic mass is 35.5. The summed E-state index contributed by atoms with van der Waals surface area (Å²) < 4.78 is 50.5. The van der Waals surface area contributed by atoms with E-state index in [1.807, 2.05) is 38.1 Å². The van der Waals surface area contributed by atoms with E-state index in [9.17, 15) is 13.2 Å². The molecule has 212 valence electrons. The van der Waals surface area contributed by atoms with Crippen LogP contribution in [0.3, 0.4) is 0 Å². The Balaban J connectivity index is 0.00000210. The lowest BCUT2D eigenvalue weighted by molar-refractivity contribution is -0.184. The Morgan fingerprint density at radius 2 is 1.90 bits per heavy atom. The summed E-state index contributed by atoms with van der Waals surface area (Å²) in [6, 6.07) is 10.5. The van der Waals surface area contributed by atoms with Gasteiger partial charge in [0.1, 0.15) is 23.0 Å². The van der Waals surface area contributed by atoms with E-state index in [0.717, 1.165) is 5.39 Å². The maximum absolute atomic E-state index is 14.3. The van der Waals surface area contributed by atoms with Crippen molar-refractivity contribution >= 4 is 41.4 Å². The molecule has 1 aromatic carbocycles. The molecule has 5 rings (SSSR count). The number of ether oxygens (including phenoxy) is 1. The third-order valence-electron chi connectivity index (χ3n) is 6.46. The fraction of sp³-hybridized carbons (Fsp3) is 0.423. The average molecular weight is 587 g/mol. The largest absolute Gasteiger partial charge is 0.489 e. The minimum atomic E-state index is -4.47. The maximum Gasteiger partial charge on any atom is 0.408 e. The van der Waals surface area contributed by atoms with E-state index in [2.05, 4.69) is 15.5 Å². The second-order valence-corrected chi connectivity index (χ2v) is 9.51. The number of fused-ring (bicyclic) bond motifs is 2. The molecule has 0 bridgehead atoms. The summed E-state index contributed by atoms with van der Waals surface area (Å²) in [4.78, 5) is 6.18. The van der Waals surface area contributed by atoms with Crippen LogP contribution >= 0.6 is 24.8 Å². The summed E-state index contributed by atoms with van der Waals surface area (Å²) in [5.41, 5.74) is 1.66. The predicted molar refractivity (Wildman–Crippen MR) is 148 cm³/mol. The summed E-state index contributed by atoms with van der Waals surface area (Å²) in [6.45, 7) is 4.69. The molecule has 1 saturated heterocycles. The summed E-state index contributed by atoms with van der Waals surface area (Å²) in [5.74, 6) is 0.974. The zero-order chi connectivity index (χ0) is 26.2. The molecular formula is C26H31Cl2F3N6O2. The van der Waals surface area contributed by atoms with Crippen LogP contribution in [0.2, 0.25) is 0 Å². The highest BCUT2D eigenvalue weighted by Gasteiger charge is 2.46. The number of benzene rings is 1. The summed E-state index contributed by atoms with van der Waals surface area (Å²) in [5, 5.41) is 21.4. The standard InChI is InChI=1S/C26H29F3N6O2.2ClH/c1-16(2)37-21-5-3-4-17-6-8-20(31-23(17)21)25-33-32-22-9-7-18(14-35(22)25)24(26(27,28)29)34-12-10-19(15-34)30-11-13-36;;/h3-9,14,16,19,24,30,36H,10-13,15H2,1-2H3;2*1H/t19-,24+;;/m0../s1. The van der Waals surface area contributed by atoms with E-state index in [1.165, 1.54) is 17.2 Å². The van der Waals surface area contributed by atoms with Gasteiger partial charge in [0.2, 0.25) is 0 Å². The summed E-state index contributed by atoms with van der Waals surface area (Å²) >= 11 is 0. The predicted octanol–water partition coefficient (Wildman–Crippen LogP) is 4.83. The first-order valence-corrected chi connectivity index (χ1v) is 12.3. The van der Waals surface area contributed by atoms with Crippen LogP contribution < -0.4 is 10.1 Å². The second kappa shape index (κ2) is 12.6. The molecule has 8 nitrogen and oxygen atoms in total. The third-order valence-corrected chi connectivity index (χ3v) is 6.46. The Morgan fingerprint density at radius 3 is 2.62 bits per heavy atom. The van der Waals surface area contributed by atoms with Crippen molar-refractivity contribution in [1.82, 2.24) is 29.8 Å². The van der Waals surface area contributed by atoms with E-state index in [4.69, 9.17) is 14.8 Å². The van der Waals surface area contributed by atoms with Crippen LogP contribution in [0, 0.1) is 0 Å². The Kier molecular flexibility index (Phi) is 10.0. The molecule has 1 aliphatic rings. The quantitative estimate of drug-likeness (QED) is 0.305. The Labute approximate surface area is 236 Å². The summed E-state index contributed by atoms with van der Waals surface area (Å²) in [6.07, 6.45) is -2.48. The van der Waals surface area contributed by atoms with Crippen LogP contribution in [-0.4, -0.2) is 74.2 Å². The minimum absolute atomic E-state index is 0. The number of hydrogen-bond donors (Lipinski definition) is 2. The first kappa shape index (κ1) is 30.8. The molecule has 0 unspecified atom stereocenters. The molecule has 0 radical (unpaired) electrons. The number of aliphatic hydroxyl groups excluding tert-OH is 1. The van der Waals surface area contributed by atoms with Gasteiger partial charge in [-0.3, -0.25) is 9.30 Å². The van der Waals surface area contributed by atoms with Gasteiger partial charge in [-0.05, 0) is 44.0 Å². The van der Waals surface area contributed by atoms with Crippen molar-refractivity contribution in [2.75, 3.05) is 26.2 Å². The highest BCUT2D eigenvalue weighted by molar-refractivity contribution is 5.86. The van der Waals surface area contributed by atoms with Gasteiger partial charge in [0, 0.05) is 37.3 Å². The monoisotopic (exact) mass is 586 g/mol. The van der Waals surface area contributed by atoms with Crippen molar-refractivity contribution in [3.63, 3.8) is 0 Å². The SMILES string of the molecule is CC(C)Oc1cccc2ccc(-c3nnc4ccc([C@@H](N5CC[C@H](NCCO)C5)C(F)(F)F)cn34)nc12.Cl.Cl. The Hall–Kier alpha value is -2.70. The molecule has 0 spiro atoms. The molecular weight excluding hydrogens is 556 g/mol. The second-order valence-electron chi connectivity index (χ2n) is 9.51. The number of rotatable bonds is 8. The molecule has 1 fully saturated rings. The Bertz CT molecular complexity index is 1400. The van der Waals surface area contributed by atoms with Crippen molar-refractivity contribution < 1.29 is 23.0 Å². The number of halogens is 5. The fourth-order valence-electron chi connectivity index (χ4n) is 4.90. The van der Waals surface area contributed by atoms with Gasteiger partial charge in [0.05, 0.1) is 12.7 Å². The van der Waals surface area contributed by atoms with Crippen LogP contribution in [-0.2, 0) is 0 Å².